The van der Waals surface area contributed by atoms with Gasteiger partial charge in [0, 0.05) is 5.56 Å². The van der Waals surface area contributed by atoms with E-state index in [2.05, 4.69) is 0 Å². The highest BCUT2D eigenvalue weighted by Crippen LogP contribution is 2.18. The molecule has 0 N–H and O–H groups in total. The zero-order chi connectivity index (χ0) is 12.8. The van der Waals surface area contributed by atoms with E-state index in [1.165, 1.54) is 0 Å². The minimum atomic E-state index is 0.478. The van der Waals surface area contributed by atoms with E-state index in [-0.39, 0.29) is 0 Å². The molecule has 18 heavy (non-hydrogen) atoms. The van der Waals surface area contributed by atoms with Crippen LogP contribution < -0.4 is 9.47 Å². The number of carbonyl (C=O) groups excluding carboxylic acids is 1. The van der Waals surface area contributed by atoms with Crippen molar-refractivity contribution in [1.29, 1.82) is 0 Å². The van der Waals surface area contributed by atoms with E-state index >= 15 is 0 Å². The van der Waals surface area contributed by atoms with Crippen molar-refractivity contribution >= 4 is 6.29 Å². The lowest BCUT2D eigenvalue weighted by atomic mass is 10.2. The summed E-state index contributed by atoms with van der Waals surface area (Å²) >= 11 is 0. The summed E-state index contributed by atoms with van der Waals surface area (Å²) in [6.07, 6.45) is 0.827. The van der Waals surface area contributed by atoms with Crippen molar-refractivity contribution in [3.05, 3.63) is 59.7 Å². The molecule has 0 fully saturated rings. The van der Waals surface area contributed by atoms with Crippen LogP contribution in [-0.4, -0.2) is 13.4 Å². The van der Waals surface area contributed by atoms with E-state index in [0.717, 1.165) is 23.3 Å². The van der Waals surface area contributed by atoms with E-state index in [1.807, 2.05) is 36.4 Å². The van der Waals surface area contributed by atoms with Gasteiger partial charge in [-0.2, -0.15) is 0 Å². The van der Waals surface area contributed by atoms with Crippen LogP contribution >= 0.6 is 0 Å². The van der Waals surface area contributed by atoms with Gasteiger partial charge in [0.15, 0.2) is 0 Å². The zero-order valence-electron chi connectivity index (χ0n) is 10.1. The van der Waals surface area contributed by atoms with Gasteiger partial charge in [-0.15, -0.1) is 0 Å². The molecule has 0 aliphatic heterocycles. The van der Waals surface area contributed by atoms with Crippen molar-refractivity contribution in [2.45, 2.75) is 6.61 Å². The third kappa shape index (κ3) is 3.10. The van der Waals surface area contributed by atoms with E-state index in [9.17, 15) is 4.79 Å². The van der Waals surface area contributed by atoms with Gasteiger partial charge >= 0.3 is 0 Å². The van der Waals surface area contributed by atoms with Crippen molar-refractivity contribution in [2.75, 3.05) is 7.11 Å². The molecule has 0 aliphatic carbocycles. The number of carbonyl (C=O) groups is 1. The maximum absolute atomic E-state index is 10.5. The molecule has 0 bridgehead atoms. The summed E-state index contributed by atoms with van der Waals surface area (Å²) in [7, 11) is 1.63. The Balaban J connectivity index is 1.95. The molecule has 0 spiro atoms. The second-order valence-electron chi connectivity index (χ2n) is 3.82. The summed E-state index contributed by atoms with van der Waals surface area (Å²) in [6, 6.07) is 14.7. The minimum Gasteiger partial charge on any atom is -0.497 e. The van der Waals surface area contributed by atoms with Crippen LogP contribution in [0.2, 0.25) is 0 Å². The fraction of sp³-hybridized carbons (Fsp3) is 0.133. The standard InChI is InChI=1S/C15H14O3/c1-17-14-6-8-15(9-7-14)18-11-13-4-2-12(10-16)3-5-13/h2-10H,11H2,1H3. The lowest BCUT2D eigenvalue weighted by Crippen LogP contribution is -1.95. The van der Waals surface area contributed by atoms with Crippen molar-refractivity contribution < 1.29 is 14.3 Å². The molecule has 0 saturated carbocycles. The van der Waals surface area contributed by atoms with Gasteiger partial charge in [-0.05, 0) is 29.8 Å². The Morgan fingerprint density at radius 3 is 2.11 bits per heavy atom. The first-order valence-electron chi connectivity index (χ1n) is 5.63. The second kappa shape index (κ2) is 5.87. The second-order valence-corrected chi connectivity index (χ2v) is 3.82. The van der Waals surface area contributed by atoms with Crippen LogP contribution in [0.25, 0.3) is 0 Å². The number of benzene rings is 2. The molecule has 3 heteroatoms. The summed E-state index contributed by atoms with van der Waals surface area (Å²) in [5, 5.41) is 0. The third-order valence-corrected chi connectivity index (χ3v) is 2.58. The van der Waals surface area contributed by atoms with Gasteiger partial charge in [-0.1, -0.05) is 24.3 Å². The predicted molar refractivity (Wildman–Crippen MR) is 69.2 cm³/mol. The minimum absolute atomic E-state index is 0.478. The lowest BCUT2D eigenvalue weighted by Gasteiger charge is -2.07. The van der Waals surface area contributed by atoms with Gasteiger partial charge in [0.25, 0.3) is 0 Å². The van der Waals surface area contributed by atoms with Gasteiger partial charge in [0.1, 0.15) is 24.4 Å². The Morgan fingerprint density at radius 1 is 0.944 bits per heavy atom. The first-order chi connectivity index (χ1) is 8.81. The molecule has 2 aromatic carbocycles. The largest absolute Gasteiger partial charge is 0.497 e. The van der Waals surface area contributed by atoms with E-state index < -0.39 is 0 Å². The number of aldehydes is 1. The average Bonchev–Trinajstić information content (AvgIpc) is 2.46. The van der Waals surface area contributed by atoms with E-state index in [1.54, 1.807) is 19.2 Å². The summed E-state index contributed by atoms with van der Waals surface area (Å²) in [4.78, 5) is 10.5. The topological polar surface area (TPSA) is 35.5 Å². The molecule has 0 aromatic heterocycles. The molecule has 0 saturated heterocycles. The number of ether oxygens (including phenoxy) is 2. The first kappa shape index (κ1) is 12.2. The molecule has 0 atom stereocenters. The number of rotatable bonds is 5. The lowest BCUT2D eigenvalue weighted by molar-refractivity contribution is 0.112. The molecular formula is C15H14O3. The summed E-state index contributed by atoms with van der Waals surface area (Å²) < 4.78 is 10.7. The smallest absolute Gasteiger partial charge is 0.150 e. The van der Waals surface area contributed by atoms with Crippen molar-refractivity contribution in [2.24, 2.45) is 0 Å². The fourth-order valence-electron chi connectivity index (χ4n) is 1.53. The van der Waals surface area contributed by atoms with Crippen LogP contribution in [0.4, 0.5) is 0 Å². The molecule has 0 aliphatic rings. The van der Waals surface area contributed by atoms with Gasteiger partial charge in [0.05, 0.1) is 7.11 Å². The van der Waals surface area contributed by atoms with Crippen LogP contribution in [-0.2, 0) is 6.61 Å². The van der Waals surface area contributed by atoms with Gasteiger partial charge in [0.2, 0.25) is 0 Å². The molecule has 3 nitrogen and oxygen atoms in total. The van der Waals surface area contributed by atoms with Crippen molar-refractivity contribution in [1.82, 2.24) is 0 Å². The summed E-state index contributed by atoms with van der Waals surface area (Å²) in [5.41, 5.74) is 1.69. The average molecular weight is 242 g/mol. The third-order valence-electron chi connectivity index (χ3n) is 2.58. The van der Waals surface area contributed by atoms with Gasteiger partial charge < -0.3 is 9.47 Å². The maximum atomic E-state index is 10.5. The van der Waals surface area contributed by atoms with Gasteiger partial charge in [-0.25, -0.2) is 0 Å². The number of hydrogen-bond acceptors (Lipinski definition) is 3. The molecular weight excluding hydrogens is 228 g/mol. The predicted octanol–water partition coefficient (Wildman–Crippen LogP) is 3.09. The molecule has 0 heterocycles. The summed E-state index contributed by atoms with van der Waals surface area (Å²) in [5.74, 6) is 1.59. The Hall–Kier alpha value is -2.29. The highest BCUT2D eigenvalue weighted by Gasteiger charge is 1.97. The number of hydrogen-bond donors (Lipinski definition) is 0. The Labute approximate surface area is 106 Å². The molecule has 0 unspecified atom stereocenters. The highest BCUT2D eigenvalue weighted by molar-refractivity contribution is 5.74. The Bertz CT molecular complexity index is 500. The van der Waals surface area contributed by atoms with E-state index in [4.69, 9.17) is 9.47 Å². The van der Waals surface area contributed by atoms with Crippen LogP contribution in [0.5, 0.6) is 11.5 Å². The normalized spacial score (nSPS) is 9.83. The molecule has 0 radical (unpaired) electrons. The number of methoxy groups -OCH3 is 1. The Kier molecular flexibility index (Phi) is 3.97. The van der Waals surface area contributed by atoms with E-state index in [0.29, 0.717) is 12.2 Å². The fourth-order valence-corrected chi connectivity index (χ4v) is 1.53. The van der Waals surface area contributed by atoms with Crippen LogP contribution in [0.3, 0.4) is 0 Å². The van der Waals surface area contributed by atoms with Crippen LogP contribution in [0.15, 0.2) is 48.5 Å². The zero-order valence-corrected chi connectivity index (χ0v) is 10.1. The van der Waals surface area contributed by atoms with Gasteiger partial charge in [-0.3, -0.25) is 4.79 Å². The van der Waals surface area contributed by atoms with Crippen LogP contribution in [0.1, 0.15) is 15.9 Å². The molecule has 0 amide bonds. The van der Waals surface area contributed by atoms with Crippen LogP contribution in [0, 0.1) is 0 Å². The molecule has 92 valence electrons. The first-order valence-corrected chi connectivity index (χ1v) is 5.63. The monoisotopic (exact) mass is 242 g/mol. The van der Waals surface area contributed by atoms with Crippen molar-refractivity contribution in [3.8, 4) is 11.5 Å². The molecule has 2 rings (SSSR count). The quantitative estimate of drug-likeness (QED) is 0.756. The Morgan fingerprint density at radius 2 is 1.56 bits per heavy atom. The maximum Gasteiger partial charge on any atom is 0.150 e. The summed E-state index contributed by atoms with van der Waals surface area (Å²) in [6.45, 7) is 0.478. The molecule has 2 aromatic rings. The highest BCUT2D eigenvalue weighted by atomic mass is 16.5. The SMILES string of the molecule is COc1ccc(OCc2ccc(C=O)cc2)cc1. The van der Waals surface area contributed by atoms with Crippen molar-refractivity contribution in [3.63, 3.8) is 0 Å².